The SMILES string of the molecule is CCOC(=O)C1CC(S(=O)(=O)c2ccc(OC)cc2)CCN1Cc1ccc(Br)cc1. The number of nitrogens with zero attached hydrogens (tertiary/aromatic N) is 1. The van der Waals surface area contributed by atoms with Gasteiger partial charge in [0.25, 0.3) is 0 Å². The fourth-order valence-electron chi connectivity index (χ4n) is 3.72. The Bertz CT molecular complexity index is 960. The van der Waals surface area contributed by atoms with Gasteiger partial charge in [-0.1, -0.05) is 28.1 Å². The van der Waals surface area contributed by atoms with E-state index in [1.165, 1.54) is 7.11 Å². The summed E-state index contributed by atoms with van der Waals surface area (Å²) in [6.45, 7) is 3.08. The predicted molar refractivity (Wildman–Crippen MR) is 118 cm³/mol. The zero-order valence-electron chi connectivity index (χ0n) is 17.1. The van der Waals surface area contributed by atoms with Crippen molar-refractivity contribution < 1.29 is 22.7 Å². The maximum Gasteiger partial charge on any atom is 0.323 e. The van der Waals surface area contributed by atoms with E-state index in [1.54, 1.807) is 31.2 Å². The molecule has 2 aromatic carbocycles. The van der Waals surface area contributed by atoms with Crippen molar-refractivity contribution >= 4 is 31.7 Å². The van der Waals surface area contributed by atoms with Gasteiger partial charge in [0, 0.05) is 17.6 Å². The summed E-state index contributed by atoms with van der Waals surface area (Å²) in [5.74, 6) is 0.229. The number of halogens is 1. The number of benzene rings is 2. The lowest BCUT2D eigenvalue weighted by atomic mass is 10.0. The molecule has 8 heteroatoms. The maximum absolute atomic E-state index is 13.2. The van der Waals surface area contributed by atoms with Crippen molar-refractivity contribution in [1.82, 2.24) is 4.90 Å². The molecule has 1 aliphatic rings. The molecular formula is C22H26BrNO5S. The van der Waals surface area contributed by atoms with Crippen LogP contribution in [0.15, 0.2) is 57.9 Å². The summed E-state index contributed by atoms with van der Waals surface area (Å²) in [6, 6.07) is 13.7. The van der Waals surface area contributed by atoms with Gasteiger partial charge < -0.3 is 9.47 Å². The van der Waals surface area contributed by atoms with E-state index in [2.05, 4.69) is 15.9 Å². The van der Waals surface area contributed by atoms with Crippen molar-refractivity contribution in [1.29, 1.82) is 0 Å². The van der Waals surface area contributed by atoms with Crippen LogP contribution in [0, 0.1) is 0 Å². The first-order valence-electron chi connectivity index (χ1n) is 9.88. The Morgan fingerprint density at radius 2 is 1.80 bits per heavy atom. The average molecular weight is 496 g/mol. The van der Waals surface area contributed by atoms with Crippen LogP contribution < -0.4 is 4.74 Å². The molecule has 30 heavy (non-hydrogen) atoms. The fourth-order valence-corrected chi connectivity index (χ4v) is 5.73. The highest BCUT2D eigenvalue weighted by atomic mass is 79.9. The first kappa shape index (κ1) is 22.8. The topological polar surface area (TPSA) is 72.9 Å². The van der Waals surface area contributed by atoms with Crippen LogP contribution >= 0.6 is 15.9 Å². The Morgan fingerprint density at radius 1 is 1.13 bits per heavy atom. The Morgan fingerprint density at radius 3 is 2.40 bits per heavy atom. The van der Waals surface area contributed by atoms with Gasteiger partial charge >= 0.3 is 5.97 Å². The molecule has 0 aliphatic carbocycles. The number of carbonyl (C=O) groups is 1. The molecule has 0 N–H and O–H groups in total. The minimum atomic E-state index is -3.57. The van der Waals surface area contributed by atoms with Crippen molar-refractivity contribution in [2.75, 3.05) is 20.3 Å². The number of hydrogen-bond donors (Lipinski definition) is 0. The van der Waals surface area contributed by atoms with Crippen LogP contribution in [-0.2, 0) is 25.9 Å². The van der Waals surface area contributed by atoms with Gasteiger partial charge in [0.2, 0.25) is 0 Å². The summed E-state index contributed by atoms with van der Waals surface area (Å²) >= 11 is 3.42. The molecule has 0 amide bonds. The van der Waals surface area contributed by atoms with Crippen LogP contribution in [0.5, 0.6) is 5.75 Å². The van der Waals surface area contributed by atoms with Crippen LogP contribution in [-0.4, -0.2) is 50.8 Å². The normalized spacial score (nSPS) is 20.0. The van der Waals surface area contributed by atoms with Crippen molar-refractivity contribution in [2.45, 2.75) is 42.5 Å². The monoisotopic (exact) mass is 495 g/mol. The Balaban J connectivity index is 1.81. The highest BCUT2D eigenvalue weighted by molar-refractivity contribution is 9.10. The third kappa shape index (κ3) is 5.22. The minimum Gasteiger partial charge on any atom is -0.497 e. The smallest absolute Gasteiger partial charge is 0.323 e. The van der Waals surface area contributed by atoms with Crippen molar-refractivity contribution in [2.24, 2.45) is 0 Å². The highest BCUT2D eigenvalue weighted by Gasteiger charge is 2.40. The van der Waals surface area contributed by atoms with Crippen LogP contribution in [0.1, 0.15) is 25.3 Å². The number of methoxy groups -OCH3 is 1. The molecule has 162 valence electrons. The molecule has 0 aromatic heterocycles. The number of ether oxygens (including phenoxy) is 2. The van der Waals surface area contributed by atoms with Gasteiger partial charge in [-0.2, -0.15) is 0 Å². The second-order valence-corrected chi connectivity index (χ2v) is 10.4. The molecule has 0 saturated carbocycles. The lowest BCUT2D eigenvalue weighted by molar-refractivity contribution is -0.151. The molecule has 0 radical (unpaired) electrons. The molecule has 0 spiro atoms. The number of sulfone groups is 1. The predicted octanol–water partition coefficient (Wildman–Crippen LogP) is 3.83. The van der Waals surface area contributed by atoms with Crippen molar-refractivity contribution in [3.63, 3.8) is 0 Å². The van der Waals surface area contributed by atoms with E-state index in [9.17, 15) is 13.2 Å². The molecule has 1 saturated heterocycles. The molecule has 0 bridgehead atoms. The molecule has 2 aromatic rings. The molecule has 6 nitrogen and oxygen atoms in total. The third-order valence-electron chi connectivity index (χ3n) is 5.35. The van der Waals surface area contributed by atoms with E-state index in [1.807, 2.05) is 29.2 Å². The van der Waals surface area contributed by atoms with E-state index >= 15 is 0 Å². The molecule has 1 aliphatic heterocycles. The summed E-state index contributed by atoms with van der Waals surface area (Å²) < 4.78 is 37.8. The zero-order valence-corrected chi connectivity index (χ0v) is 19.5. The number of esters is 1. The lowest BCUT2D eigenvalue weighted by Gasteiger charge is -2.37. The lowest BCUT2D eigenvalue weighted by Crippen LogP contribution is -2.50. The maximum atomic E-state index is 13.2. The second-order valence-electron chi connectivity index (χ2n) is 7.23. The van der Waals surface area contributed by atoms with Gasteiger partial charge in [-0.05, 0) is 61.7 Å². The quantitative estimate of drug-likeness (QED) is 0.543. The molecule has 2 atom stereocenters. The second kappa shape index (κ2) is 9.94. The van der Waals surface area contributed by atoms with Crippen LogP contribution in [0.2, 0.25) is 0 Å². The molecular weight excluding hydrogens is 470 g/mol. The Kier molecular flexibility index (Phi) is 7.55. The number of rotatable bonds is 7. The van der Waals surface area contributed by atoms with Gasteiger partial charge in [0.15, 0.2) is 9.84 Å². The average Bonchev–Trinajstić information content (AvgIpc) is 2.75. The fraction of sp³-hybridized carbons (Fsp3) is 0.409. The Hall–Kier alpha value is -1.90. The van der Waals surface area contributed by atoms with E-state index in [0.29, 0.717) is 25.3 Å². The molecule has 1 heterocycles. The number of likely N-dealkylation sites (tertiary alicyclic amines) is 1. The van der Waals surface area contributed by atoms with E-state index in [4.69, 9.17) is 9.47 Å². The summed E-state index contributed by atoms with van der Waals surface area (Å²) in [5, 5.41) is -0.638. The summed E-state index contributed by atoms with van der Waals surface area (Å²) in [4.78, 5) is 14.9. The number of piperidine rings is 1. The van der Waals surface area contributed by atoms with Gasteiger partial charge in [-0.15, -0.1) is 0 Å². The van der Waals surface area contributed by atoms with E-state index < -0.39 is 21.1 Å². The van der Waals surface area contributed by atoms with Gasteiger partial charge in [-0.25, -0.2) is 8.42 Å². The van der Waals surface area contributed by atoms with E-state index in [0.717, 1.165) is 10.0 Å². The van der Waals surface area contributed by atoms with Gasteiger partial charge in [-0.3, -0.25) is 9.69 Å². The van der Waals surface area contributed by atoms with Crippen molar-refractivity contribution in [3.8, 4) is 5.75 Å². The Labute approximate surface area is 186 Å². The molecule has 2 unspecified atom stereocenters. The standard InChI is InChI=1S/C22H26BrNO5S/c1-3-29-22(25)21-14-20(30(26,27)19-10-8-18(28-2)9-11-19)12-13-24(21)15-16-4-6-17(23)7-5-16/h4-11,20-21H,3,12-15H2,1-2H3. The summed E-state index contributed by atoms with van der Waals surface area (Å²) in [7, 11) is -2.03. The number of carbonyl (C=O) groups excluding carboxylic acids is 1. The first-order chi connectivity index (χ1) is 14.3. The van der Waals surface area contributed by atoms with Crippen LogP contribution in [0.4, 0.5) is 0 Å². The first-order valence-corrected chi connectivity index (χ1v) is 12.2. The van der Waals surface area contributed by atoms with E-state index in [-0.39, 0.29) is 23.9 Å². The van der Waals surface area contributed by atoms with Crippen molar-refractivity contribution in [3.05, 3.63) is 58.6 Å². The van der Waals surface area contributed by atoms with Gasteiger partial charge in [0.1, 0.15) is 11.8 Å². The largest absolute Gasteiger partial charge is 0.497 e. The zero-order chi connectivity index (χ0) is 21.7. The number of hydrogen-bond acceptors (Lipinski definition) is 6. The van der Waals surface area contributed by atoms with Crippen LogP contribution in [0.25, 0.3) is 0 Å². The summed E-state index contributed by atoms with van der Waals surface area (Å²) in [6.07, 6.45) is 0.671. The third-order valence-corrected chi connectivity index (χ3v) is 8.11. The molecule has 3 rings (SSSR count). The summed E-state index contributed by atoms with van der Waals surface area (Å²) in [5.41, 5.74) is 1.06. The molecule has 1 fully saturated rings. The van der Waals surface area contributed by atoms with Crippen LogP contribution in [0.3, 0.4) is 0 Å². The highest BCUT2D eigenvalue weighted by Crippen LogP contribution is 2.30. The minimum absolute atomic E-state index is 0.212. The van der Waals surface area contributed by atoms with Gasteiger partial charge in [0.05, 0.1) is 23.9 Å².